The molecule has 1 aliphatic rings. The third-order valence-corrected chi connectivity index (χ3v) is 6.99. The summed E-state index contributed by atoms with van der Waals surface area (Å²) in [6, 6.07) is 22.9. The number of carbonyl (C=O) groups excluding carboxylic acids is 2. The van der Waals surface area contributed by atoms with E-state index in [9.17, 15) is 32.7 Å². The van der Waals surface area contributed by atoms with Crippen molar-refractivity contribution in [2.75, 3.05) is 18.0 Å². The molecule has 1 unspecified atom stereocenters. The smallest absolute Gasteiger partial charge is 0.481 e. The van der Waals surface area contributed by atoms with Gasteiger partial charge in [0.1, 0.15) is 6.54 Å². The molecule has 3 aromatic rings. The largest absolute Gasteiger partial charge is 0.490 e. The van der Waals surface area contributed by atoms with Crippen LogP contribution in [0.1, 0.15) is 53.2 Å². The second kappa shape index (κ2) is 16.1. The van der Waals surface area contributed by atoms with Gasteiger partial charge in [0.05, 0.1) is 23.7 Å². The Morgan fingerprint density at radius 2 is 1.54 bits per heavy atom. The number of hydrogen-bond acceptors (Lipinski definition) is 5. The van der Waals surface area contributed by atoms with Crippen LogP contribution in [0.25, 0.3) is 0 Å². The molecule has 0 bridgehead atoms. The van der Waals surface area contributed by atoms with Gasteiger partial charge in [0.25, 0.3) is 11.8 Å². The normalized spacial score (nSPS) is 13.5. The summed E-state index contributed by atoms with van der Waals surface area (Å²) < 4.78 is 31.7. The summed E-state index contributed by atoms with van der Waals surface area (Å²) >= 11 is 0. The topological polar surface area (TPSA) is 177 Å². The molecular weight excluding hydrogens is 607 g/mol. The van der Waals surface area contributed by atoms with Gasteiger partial charge in [-0.1, -0.05) is 61.0 Å². The van der Waals surface area contributed by atoms with E-state index in [2.05, 4.69) is 5.32 Å². The highest BCUT2D eigenvalue weighted by molar-refractivity contribution is 6.13. The van der Waals surface area contributed by atoms with E-state index in [0.717, 1.165) is 31.2 Å². The number of halogens is 3. The molecule has 2 amide bonds. The van der Waals surface area contributed by atoms with Gasteiger partial charge in [-0.25, -0.2) is 4.79 Å². The Bertz CT molecular complexity index is 1540. The molecule has 0 aliphatic carbocycles. The van der Waals surface area contributed by atoms with Crippen LogP contribution in [-0.4, -0.2) is 64.1 Å². The predicted molar refractivity (Wildman–Crippen MR) is 164 cm³/mol. The van der Waals surface area contributed by atoms with Crippen molar-refractivity contribution in [3.05, 3.63) is 95.6 Å². The lowest BCUT2D eigenvalue weighted by Crippen LogP contribution is -2.40. The quantitative estimate of drug-likeness (QED) is 0.112. The monoisotopic (exact) mass is 641 g/mol. The lowest BCUT2D eigenvalue weighted by atomic mass is 9.99. The Hall–Kier alpha value is -5.40. The van der Waals surface area contributed by atoms with Crippen LogP contribution in [0, 0.1) is 5.41 Å². The second-order valence-corrected chi connectivity index (χ2v) is 10.3. The molecular formula is C32H34F3N5O6. The Balaban J connectivity index is 0.000000738. The van der Waals surface area contributed by atoms with E-state index in [4.69, 9.17) is 21.0 Å². The van der Waals surface area contributed by atoms with E-state index in [1.54, 1.807) is 29.2 Å². The molecule has 0 spiro atoms. The molecule has 0 saturated carbocycles. The highest BCUT2D eigenvalue weighted by atomic mass is 19.4. The first kappa shape index (κ1) is 35.1. The summed E-state index contributed by atoms with van der Waals surface area (Å²) in [5, 5.41) is 26.9. The number of guanidine groups is 1. The molecule has 3 aromatic carbocycles. The minimum atomic E-state index is -5.08. The number of aryl methyl sites for hydroxylation is 1. The third-order valence-electron chi connectivity index (χ3n) is 6.99. The average molecular weight is 642 g/mol. The van der Waals surface area contributed by atoms with Gasteiger partial charge in [0.2, 0.25) is 0 Å². The van der Waals surface area contributed by atoms with Crippen molar-refractivity contribution in [3.63, 3.8) is 0 Å². The molecule has 0 saturated heterocycles. The number of unbranched alkanes of at least 4 members (excludes halogenated alkanes) is 2. The van der Waals surface area contributed by atoms with Gasteiger partial charge in [-0.15, -0.1) is 0 Å². The number of aliphatic carboxylic acids is 2. The minimum absolute atomic E-state index is 0.0435. The van der Waals surface area contributed by atoms with Crippen LogP contribution >= 0.6 is 0 Å². The van der Waals surface area contributed by atoms with Crippen molar-refractivity contribution < 1.29 is 42.6 Å². The van der Waals surface area contributed by atoms with Gasteiger partial charge in [0, 0.05) is 12.2 Å². The number of alkyl halides is 3. The van der Waals surface area contributed by atoms with Crippen LogP contribution < -0.4 is 16.0 Å². The number of fused-ring (bicyclic) bond motifs is 1. The molecule has 4 rings (SSSR count). The van der Waals surface area contributed by atoms with E-state index < -0.39 is 24.2 Å². The number of carbonyl (C=O) groups is 4. The van der Waals surface area contributed by atoms with Crippen LogP contribution in [0.5, 0.6) is 0 Å². The maximum Gasteiger partial charge on any atom is 0.490 e. The molecule has 11 nitrogen and oxygen atoms in total. The Kier molecular flexibility index (Phi) is 12.3. The molecule has 1 aliphatic heterocycles. The van der Waals surface area contributed by atoms with Gasteiger partial charge in [-0.3, -0.25) is 24.7 Å². The van der Waals surface area contributed by atoms with Crippen molar-refractivity contribution in [1.29, 1.82) is 5.41 Å². The second-order valence-electron chi connectivity index (χ2n) is 10.3. The SMILES string of the molecule is N=C(N)NCCCCCc1ccc2c(c1)C(=O)N(C(CC(=O)O)c1ccccc1)CC(=O)N2c1ccccc1.O=C(O)C(F)(F)F. The minimum Gasteiger partial charge on any atom is -0.481 e. The number of hydrogen-bond donors (Lipinski definition) is 5. The fraction of sp³-hybridized carbons (Fsp3) is 0.281. The van der Waals surface area contributed by atoms with Gasteiger partial charge < -0.3 is 26.2 Å². The van der Waals surface area contributed by atoms with Crippen molar-refractivity contribution in [1.82, 2.24) is 10.2 Å². The Morgan fingerprint density at radius 1 is 0.935 bits per heavy atom. The number of para-hydroxylation sites is 1. The summed E-state index contributed by atoms with van der Waals surface area (Å²) in [7, 11) is 0. The van der Waals surface area contributed by atoms with Crippen LogP contribution in [-0.2, 0) is 20.8 Å². The molecule has 46 heavy (non-hydrogen) atoms. The van der Waals surface area contributed by atoms with Crippen LogP contribution in [0.3, 0.4) is 0 Å². The molecule has 1 heterocycles. The zero-order chi connectivity index (χ0) is 33.9. The van der Waals surface area contributed by atoms with Crippen molar-refractivity contribution in [2.45, 2.75) is 44.3 Å². The standard InChI is InChI=1S/C30H33N5O4.C2HF3O2/c31-30(32)33-17-9-3-4-10-21-15-16-25-24(18-21)29(39)34(20-27(36)35(25)23-13-7-2-8-14-23)26(19-28(37)38)22-11-5-1-6-12-22;3-2(4,5)1(6)7/h1-2,5-8,11-16,18,26H,3-4,9-10,17,19-20H2,(H,37,38)(H4,31,32,33);(H,6,7). The number of anilines is 2. The molecule has 14 heteroatoms. The van der Waals surface area contributed by atoms with Crippen molar-refractivity contribution in [3.8, 4) is 0 Å². The Labute approximate surface area is 262 Å². The predicted octanol–water partition coefficient (Wildman–Crippen LogP) is 4.85. The molecule has 244 valence electrons. The van der Waals surface area contributed by atoms with E-state index in [1.165, 1.54) is 4.90 Å². The lowest BCUT2D eigenvalue weighted by Gasteiger charge is -2.30. The number of benzene rings is 3. The van der Waals surface area contributed by atoms with Crippen LogP contribution in [0.15, 0.2) is 78.9 Å². The fourth-order valence-electron chi connectivity index (χ4n) is 4.90. The van der Waals surface area contributed by atoms with E-state index in [1.807, 2.05) is 54.6 Å². The zero-order valence-electron chi connectivity index (χ0n) is 24.7. The molecule has 0 fully saturated rings. The number of nitrogens with zero attached hydrogens (tertiary/aromatic N) is 2. The number of amides is 2. The maximum absolute atomic E-state index is 14.1. The summed E-state index contributed by atoms with van der Waals surface area (Å²) in [6.45, 7) is 0.374. The van der Waals surface area contributed by atoms with Crippen LogP contribution in [0.2, 0.25) is 0 Å². The van der Waals surface area contributed by atoms with Crippen LogP contribution in [0.4, 0.5) is 24.5 Å². The first-order chi connectivity index (χ1) is 21.8. The van der Waals surface area contributed by atoms with Gasteiger partial charge >= 0.3 is 18.1 Å². The number of nitrogens with one attached hydrogen (secondary N) is 2. The van der Waals surface area contributed by atoms with Gasteiger partial charge in [-0.2, -0.15) is 13.2 Å². The maximum atomic E-state index is 14.1. The van der Waals surface area contributed by atoms with E-state index in [0.29, 0.717) is 29.0 Å². The van der Waals surface area contributed by atoms with Crippen molar-refractivity contribution >= 4 is 41.1 Å². The first-order valence-corrected chi connectivity index (χ1v) is 14.3. The van der Waals surface area contributed by atoms with Gasteiger partial charge in [-0.05, 0) is 54.7 Å². The lowest BCUT2D eigenvalue weighted by molar-refractivity contribution is -0.192. The summed E-state index contributed by atoms with van der Waals surface area (Å²) in [5.41, 5.74) is 8.43. The number of carboxylic acid groups (broad SMARTS) is 2. The summed E-state index contributed by atoms with van der Waals surface area (Å²) in [5.74, 6) is -4.54. The highest BCUT2D eigenvalue weighted by Crippen LogP contribution is 2.36. The third kappa shape index (κ3) is 9.81. The highest BCUT2D eigenvalue weighted by Gasteiger charge is 2.39. The first-order valence-electron chi connectivity index (χ1n) is 14.3. The fourth-order valence-corrected chi connectivity index (χ4v) is 4.90. The molecule has 6 N–H and O–H groups in total. The van der Waals surface area contributed by atoms with Gasteiger partial charge in [0.15, 0.2) is 5.96 Å². The number of rotatable bonds is 11. The zero-order valence-corrected chi connectivity index (χ0v) is 24.7. The molecule has 1 atom stereocenters. The summed E-state index contributed by atoms with van der Waals surface area (Å²) in [4.78, 5) is 51.5. The molecule has 0 radical (unpaired) electrons. The average Bonchev–Trinajstić information content (AvgIpc) is 3.11. The Morgan fingerprint density at radius 3 is 2.11 bits per heavy atom. The number of carboxylic acids is 2. The van der Waals surface area contributed by atoms with Crippen molar-refractivity contribution in [2.24, 2.45) is 5.73 Å². The number of nitrogens with two attached hydrogens (primary N) is 1. The summed E-state index contributed by atoms with van der Waals surface area (Å²) in [6.07, 6.45) is -2.01. The van der Waals surface area contributed by atoms with E-state index >= 15 is 0 Å². The van der Waals surface area contributed by atoms with E-state index in [-0.39, 0.29) is 30.7 Å². The molecule has 0 aromatic heterocycles.